The molecule has 1 rings (SSSR count). The molecule has 0 aromatic heterocycles. The van der Waals surface area contributed by atoms with E-state index in [1.165, 1.54) is 0 Å². The van der Waals surface area contributed by atoms with E-state index in [0.717, 1.165) is 18.5 Å². The maximum atomic E-state index is 10.5. The molecule has 0 amide bonds. The fourth-order valence-corrected chi connectivity index (χ4v) is 1.84. The van der Waals surface area contributed by atoms with Crippen molar-refractivity contribution >= 4 is 0 Å². The SMILES string of the molecule is CCCNCC(C)(O)c1cc(OC)ccc1OC. The van der Waals surface area contributed by atoms with E-state index < -0.39 is 5.60 Å². The first-order valence-electron chi connectivity index (χ1n) is 6.20. The molecule has 0 bridgehead atoms. The van der Waals surface area contributed by atoms with Gasteiger partial charge in [0.15, 0.2) is 0 Å². The zero-order chi connectivity index (χ0) is 13.6. The summed E-state index contributed by atoms with van der Waals surface area (Å²) in [6.07, 6.45) is 1.03. The zero-order valence-electron chi connectivity index (χ0n) is 11.6. The fraction of sp³-hybridized carbons (Fsp3) is 0.571. The summed E-state index contributed by atoms with van der Waals surface area (Å²) in [7, 11) is 3.20. The second-order valence-corrected chi connectivity index (χ2v) is 4.52. The van der Waals surface area contributed by atoms with E-state index in [1.807, 2.05) is 18.2 Å². The van der Waals surface area contributed by atoms with Crippen molar-refractivity contribution in [2.24, 2.45) is 0 Å². The van der Waals surface area contributed by atoms with Crippen LogP contribution in [0.3, 0.4) is 0 Å². The predicted molar refractivity (Wildman–Crippen MR) is 72.3 cm³/mol. The number of benzene rings is 1. The lowest BCUT2D eigenvalue weighted by molar-refractivity contribution is 0.0544. The van der Waals surface area contributed by atoms with Gasteiger partial charge in [-0.25, -0.2) is 0 Å². The van der Waals surface area contributed by atoms with Gasteiger partial charge in [-0.2, -0.15) is 0 Å². The number of aliphatic hydroxyl groups is 1. The third kappa shape index (κ3) is 3.62. The first-order valence-corrected chi connectivity index (χ1v) is 6.20. The smallest absolute Gasteiger partial charge is 0.125 e. The number of rotatable bonds is 7. The monoisotopic (exact) mass is 253 g/mol. The van der Waals surface area contributed by atoms with Crippen LogP contribution in [0.2, 0.25) is 0 Å². The van der Waals surface area contributed by atoms with Gasteiger partial charge in [0.2, 0.25) is 0 Å². The molecule has 4 nitrogen and oxygen atoms in total. The van der Waals surface area contributed by atoms with Gasteiger partial charge in [0.05, 0.1) is 14.2 Å². The Morgan fingerprint density at radius 1 is 1.28 bits per heavy atom. The predicted octanol–water partition coefficient (Wildman–Crippen LogP) is 1.91. The van der Waals surface area contributed by atoms with Crippen molar-refractivity contribution in [1.82, 2.24) is 5.32 Å². The van der Waals surface area contributed by atoms with Crippen LogP contribution in [-0.2, 0) is 5.60 Å². The van der Waals surface area contributed by atoms with Gasteiger partial charge in [0.25, 0.3) is 0 Å². The van der Waals surface area contributed by atoms with Gasteiger partial charge in [-0.3, -0.25) is 0 Å². The van der Waals surface area contributed by atoms with Crippen LogP contribution in [0.25, 0.3) is 0 Å². The first-order chi connectivity index (χ1) is 8.55. The summed E-state index contributed by atoms with van der Waals surface area (Å²) in [6.45, 7) is 5.22. The summed E-state index contributed by atoms with van der Waals surface area (Å²) in [5, 5.41) is 13.8. The number of ether oxygens (including phenoxy) is 2. The molecule has 0 fully saturated rings. The van der Waals surface area contributed by atoms with Crippen molar-refractivity contribution in [2.45, 2.75) is 25.9 Å². The molecule has 1 unspecified atom stereocenters. The number of nitrogens with one attached hydrogen (secondary N) is 1. The molecule has 0 radical (unpaired) electrons. The molecule has 18 heavy (non-hydrogen) atoms. The van der Waals surface area contributed by atoms with Crippen LogP contribution in [0.5, 0.6) is 11.5 Å². The third-order valence-electron chi connectivity index (χ3n) is 2.88. The lowest BCUT2D eigenvalue weighted by atomic mass is 9.94. The van der Waals surface area contributed by atoms with Gasteiger partial charge in [-0.05, 0) is 38.1 Å². The Kier molecular flexibility index (Phi) is 5.44. The molecular formula is C14H23NO3. The summed E-state index contributed by atoms with van der Waals surface area (Å²) < 4.78 is 10.5. The summed E-state index contributed by atoms with van der Waals surface area (Å²) in [5.74, 6) is 1.38. The maximum Gasteiger partial charge on any atom is 0.125 e. The molecule has 0 saturated heterocycles. The van der Waals surface area contributed by atoms with Crippen molar-refractivity contribution in [1.29, 1.82) is 0 Å². The molecule has 1 atom stereocenters. The average Bonchev–Trinajstić information content (AvgIpc) is 2.38. The largest absolute Gasteiger partial charge is 0.497 e. The molecule has 4 heteroatoms. The normalized spacial score (nSPS) is 14.1. The summed E-state index contributed by atoms with van der Waals surface area (Å²) in [5.41, 5.74) is -0.261. The van der Waals surface area contributed by atoms with E-state index >= 15 is 0 Å². The van der Waals surface area contributed by atoms with Crippen LogP contribution in [0.4, 0.5) is 0 Å². The minimum absolute atomic E-state index is 0.477. The van der Waals surface area contributed by atoms with Gasteiger partial charge in [0, 0.05) is 12.1 Å². The molecular weight excluding hydrogens is 230 g/mol. The molecule has 0 spiro atoms. The van der Waals surface area contributed by atoms with Crippen molar-refractivity contribution in [3.8, 4) is 11.5 Å². The second-order valence-electron chi connectivity index (χ2n) is 4.52. The highest BCUT2D eigenvalue weighted by molar-refractivity contribution is 5.43. The van der Waals surface area contributed by atoms with Crippen molar-refractivity contribution in [3.05, 3.63) is 23.8 Å². The van der Waals surface area contributed by atoms with E-state index in [0.29, 0.717) is 18.0 Å². The highest BCUT2D eigenvalue weighted by Gasteiger charge is 2.27. The van der Waals surface area contributed by atoms with Crippen molar-refractivity contribution in [3.63, 3.8) is 0 Å². The van der Waals surface area contributed by atoms with Crippen LogP contribution in [0.15, 0.2) is 18.2 Å². The average molecular weight is 253 g/mol. The van der Waals surface area contributed by atoms with Crippen LogP contribution in [0.1, 0.15) is 25.8 Å². The molecule has 0 saturated carbocycles. The minimum atomic E-state index is -0.991. The zero-order valence-corrected chi connectivity index (χ0v) is 11.6. The Labute approximate surface area is 109 Å². The Hall–Kier alpha value is -1.26. The van der Waals surface area contributed by atoms with Gasteiger partial charge >= 0.3 is 0 Å². The van der Waals surface area contributed by atoms with Crippen LogP contribution >= 0.6 is 0 Å². The topological polar surface area (TPSA) is 50.7 Å². The molecule has 0 aliphatic heterocycles. The first kappa shape index (κ1) is 14.8. The van der Waals surface area contributed by atoms with Gasteiger partial charge in [-0.15, -0.1) is 0 Å². The highest BCUT2D eigenvalue weighted by atomic mass is 16.5. The number of hydrogen-bond donors (Lipinski definition) is 2. The third-order valence-corrected chi connectivity index (χ3v) is 2.88. The fourth-order valence-electron chi connectivity index (χ4n) is 1.84. The lowest BCUT2D eigenvalue weighted by Crippen LogP contribution is -2.36. The van der Waals surface area contributed by atoms with Crippen molar-refractivity contribution in [2.75, 3.05) is 27.3 Å². The van der Waals surface area contributed by atoms with E-state index in [9.17, 15) is 5.11 Å². The maximum absolute atomic E-state index is 10.5. The van der Waals surface area contributed by atoms with Gasteiger partial charge in [-0.1, -0.05) is 6.92 Å². The minimum Gasteiger partial charge on any atom is -0.497 e. The second kappa shape index (κ2) is 6.61. The Morgan fingerprint density at radius 3 is 2.56 bits per heavy atom. The molecule has 0 aliphatic carbocycles. The molecule has 0 heterocycles. The molecule has 2 N–H and O–H groups in total. The summed E-state index contributed by atoms with van der Waals surface area (Å²) in [6, 6.07) is 5.44. The number of hydrogen-bond acceptors (Lipinski definition) is 4. The van der Waals surface area contributed by atoms with Crippen LogP contribution in [-0.4, -0.2) is 32.4 Å². The van der Waals surface area contributed by atoms with E-state index in [-0.39, 0.29) is 0 Å². The van der Waals surface area contributed by atoms with E-state index in [2.05, 4.69) is 12.2 Å². The molecule has 1 aromatic rings. The van der Waals surface area contributed by atoms with Gasteiger partial charge < -0.3 is 19.9 Å². The van der Waals surface area contributed by atoms with Gasteiger partial charge in [0.1, 0.15) is 17.1 Å². The number of methoxy groups -OCH3 is 2. The molecule has 1 aromatic carbocycles. The Balaban J connectivity index is 2.96. The lowest BCUT2D eigenvalue weighted by Gasteiger charge is -2.26. The highest BCUT2D eigenvalue weighted by Crippen LogP contribution is 2.32. The van der Waals surface area contributed by atoms with E-state index in [4.69, 9.17) is 9.47 Å². The molecule has 102 valence electrons. The van der Waals surface area contributed by atoms with E-state index in [1.54, 1.807) is 21.1 Å². The quantitative estimate of drug-likeness (QED) is 0.729. The summed E-state index contributed by atoms with van der Waals surface area (Å²) >= 11 is 0. The van der Waals surface area contributed by atoms with Crippen LogP contribution in [0, 0.1) is 0 Å². The van der Waals surface area contributed by atoms with Crippen LogP contribution < -0.4 is 14.8 Å². The van der Waals surface area contributed by atoms with Crippen molar-refractivity contribution < 1.29 is 14.6 Å². The molecule has 0 aliphatic rings. The Morgan fingerprint density at radius 2 is 2.00 bits per heavy atom. The standard InChI is InChI=1S/C14H23NO3/c1-5-8-15-10-14(2,16)12-9-11(17-3)6-7-13(12)18-4/h6-7,9,15-16H,5,8,10H2,1-4H3. The Bertz CT molecular complexity index is 377. The summed E-state index contributed by atoms with van der Waals surface area (Å²) in [4.78, 5) is 0.